The number of aliphatic hydroxyl groups is 1. The van der Waals surface area contributed by atoms with Crippen molar-refractivity contribution < 1.29 is 81.8 Å². The molecule has 27 heteroatoms. The molecule has 0 unspecified atom stereocenters. The molecule has 1 aliphatic rings. The first-order valence-corrected chi connectivity index (χ1v) is 29.1. The van der Waals surface area contributed by atoms with Crippen LogP contribution in [0.25, 0.3) is 11.1 Å². The summed E-state index contributed by atoms with van der Waals surface area (Å²) in [7, 11) is 0. The molecule has 0 saturated carbocycles. The van der Waals surface area contributed by atoms with E-state index >= 15 is 0 Å². The van der Waals surface area contributed by atoms with Gasteiger partial charge in [0.05, 0.1) is 12.6 Å². The number of aromatic hydroxyl groups is 1. The van der Waals surface area contributed by atoms with Gasteiger partial charge in [-0.1, -0.05) is 30.3 Å². The first kappa shape index (κ1) is 73.2. The molecular formula is C60H94N10O17. The predicted molar refractivity (Wildman–Crippen MR) is 321 cm³/mol. The van der Waals surface area contributed by atoms with Crippen LogP contribution in [0.1, 0.15) is 147 Å². The second-order valence-electron chi connectivity index (χ2n) is 26.1. The van der Waals surface area contributed by atoms with Gasteiger partial charge in [0.1, 0.15) is 57.9 Å². The number of alkyl carbamates (subject to hydrolysis) is 5. The van der Waals surface area contributed by atoms with Crippen LogP contribution in [0.4, 0.5) is 24.0 Å². The Morgan fingerprint density at radius 3 is 1.72 bits per heavy atom. The number of hydrogen-bond acceptors (Lipinski definition) is 17. The van der Waals surface area contributed by atoms with Gasteiger partial charge in [-0.15, -0.1) is 0 Å². The Labute approximate surface area is 509 Å². The zero-order chi connectivity index (χ0) is 65.7. The van der Waals surface area contributed by atoms with Crippen molar-refractivity contribution in [2.24, 2.45) is 0 Å². The number of carbonyl (C=O) groups is 10. The molecule has 10 amide bonds. The second-order valence-corrected chi connectivity index (χ2v) is 26.1. The molecule has 3 rings (SSSR count). The minimum absolute atomic E-state index is 0.0262. The van der Waals surface area contributed by atoms with Crippen molar-refractivity contribution in [1.29, 1.82) is 0 Å². The summed E-state index contributed by atoms with van der Waals surface area (Å²) in [5, 5.41) is 48.4. The summed E-state index contributed by atoms with van der Waals surface area (Å²) in [6, 6.07) is 5.15. The van der Waals surface area contributed by atoms with Crippen molar-refractivity contribution in [1.82, 2.24) is 53.2 Å². The van der Waals surface area contributed by atoms with Crippen LogP contribution in [0, 0.1) is 0 Å². The van der Waals surface area contributed by atoms with Crippen LogP contribution in [0.15, 0.2) is 42.5 Å². The first-order chi connectivity index (χ1) is 40.1. The lowest BCUT2D eigenvalue weighted by atomic mass is 9.96. The summed E-state index contributed by atoms with van der Waals surface area (Å²) in [5.41, 5.74) is -2.37. The fourth-order valence-electron chi connectivity index (χ4n) is 8.28. The van der Waals surface area contributed by atoms with E-state index in [1.54, 1.807) is 140 Å². The number of rotatable bonds is 21. The zero-order valence-corrected chi connectivity index (χ0v) is 53.0. The summed E-state index contributed by atoms with van der Waals surface area (Å²) in [5.74, 6) is -4.29. The van der Waals surface area contributed by atoms with Crippen molar-refractivity contribution in [2.45, 2.75) is 213 Å². The normalized spacial score (nSPS) is 16.8. The zero-order valence-electron chi connectivity index (χ0n) is 53.0. The molecule has 0 aliphatic carbocycles. The number of ether oxygens (including phenoxy) is 5. The van der Waals surface area contributed by atoms with E-state index in [9.17, 15) is 58.2 Å². The summed E-state index contributed by atoms with van der Waals surface area (Å²) in [6.07, 6.45) is -5.91. The highest BCUT2D eigenvalue weighted by atomic mass is 16.6. The van der Waals surface area contributed by atoms with E-state index in [1.165, 1.54) is 6.07 Å². The molecule has 27 nitrogen and oxygen atoms in total. The van der Waals surface area contributed by atoms with Crippen LogP contribution >= 0.6 is 0 Å². The molecule has 0 radical (unpaired) electrons. The van der Waals surface area contributed by atoms with Crippen LogP contribution in [0.5, 0.6) is 5.75 Å². The molecule has 4 bridgehead atoms. The van der Waals surface area contributed by atoms with Crippen LogP contribution in [-0.2, 0) is 60.5 Å². The smallest absolute Gasteiger partial charge is 0.408 e. The Kier molecular flexibility index (Phi) is 27.4. The molecule has 2 aromatic carbocycles. The summed E-state index contributed by atoms with van der Waals surface area (Å²) < 4.78 is 26.9. The number of fused-ring (bicyclic) bond motifs is 5. The maximum absolute atomic E-state index is 14.5. The van der Waals surface area contributed by atoms with Gasteiger partial charge < -0.3 is 87.1 Å². The maximum Gasteiger partial charge on any atom is 0.408 e. The quantitative estimate of drug-likeness (QED) is 0.0604. The van der Waals surface area contributed by atoms with E-state index in [4.69, 9.17) is 23.7 Å². The van der Waals surface area contributed by atoms with Gasteiger partial charge >= 0.3 is 30.5 Å². The molecule has 1 heterocycles. The number of phenols is 1. The molecule has 87 heavy (non-hydrogen) atoms. The molecule has 12 N–H and O–H groups in total. The van der Waals surface area contributed by atoms with E-state index in [-0.39, 0.29) is 63.1 Å². The number of carbonyl (C=O) groups excluding carboxylic acids is 10. The van der Waals surface area contributed by atoms with Crippen molar-refractivity contribution in [3.63, 3.8) is 0 Å². The average Bonchev–Trinajstić information content (AvgIpc) is 2.14. The van der Waals surface area contributed by atoms with Gasteiger partial charge in [-0.3, -0.25) is 24.0 Å². The third kappa shape index (κ3) is 30.7. The fraction of sp³-hybridized carbons (Fsp3) is 0.633. The average molecular weight is 1230 g/mol. The van der Waals surface area contributed by atoms with Gasteiger partial charge in [-0.2, -0.15) is 0 Å². The standard InChI is InChI=1S/C60H94N10O17/c1-56(2,3)83-51(78)62-26-17-21-39(66-53(80)85-58(7,8)9)32-63-47(74)41(69-54(81)86-59(10,11)12)22-18-25-61-46(73)34-64-48(75)42-28-35-19-16-20-36(27-35)37-23-24-45(72)38(29-37)30-43(70-55(82)87-60(13,14)15)49(76)68-44(50(77)67-42)31-40(71)33-65-52(79)84-57(4,5)6/h16,19-20,23-24,27,29,39-44,71-72H,17-18,21-22,25-26,28,30-34H2,1-15H3,(H,61,73)(H,62,78)(H,63,74)(H,64,75)(H,65,79)(H,66,80)(H,67,77)(H,68,76)(H,69,81)(H,70,82)/t39-,40+,41-,42-,43-,44-/m0/s1. The second kappa shape index (κ2) is 32.6. The van der Waals surface area contributed by atoms with Crippen molar-refractivity contribution in [2.75, 3.05) is 32.7 Å². The van der Waals surface area contributed by atoms with Crippen molar-refractivity contribution in [3.05, 3.63) is 53.6 Å². The Bertz CT molecular complexity index is 2710. The minimum atomic E-state index is -1.64. The van der Waals surface area contributed by atoms with Gasteiger partial charge in [0.15, 0.2) is 0 Å². The number of hydrogen-bond donors (Lipinski definition) is 12. The van der Waals surface area contributed by atoms with Crippen molar-refractivity contribution in [3.8, 4) is 16.9 Å². The fourth-order valence-corrected chi connectivity index (χ4v) is 8.28. The van der Waals surface area contributed by atoms with E-state index in [0.29, 0.717) is 23.1 Å². The molecule has 0 spiro atoms. The predicted octanol–water partition coefficient (Wildman–Crippen LogP) is 4.52. The summed E-state index contributed by atoms with van der Waals surface area (Å²) in [4.78, 5) is 134. The maximum atomic E-state index is 14.5. The van der Waals surface area contributed by atoms with Gasteiger partial charge in [0.25, 0.3) is 0 Å². The highest BCUT2D eigenvalue weighted by molar-refractivity contribution is 5.95. The Balaban J connectivity index is 1.85. The molecular weight excluding hydrogens is 1130 g/mol. The number of benzene rings is 2. The van der Waals surface area contributed by atoms with E-state index in [1.807, 2.05) is 0 Å². The Morgan fingerprint density at radius 1 is 0.575 bits per heavy atom. The van der Waals surface area contributed by atoms with Gasteiger partial charge in [-0.05, 0) is 164 Å². The van der Waals surface area contributed by atoms with Crippen molar-refractivity contribution >= 4 is 60.0 Å². The first-order valence-electron chi connectivity index (χ1n) is 29.1. The van der Waals surface area contributed by atoms with E-state index in [2.05, 4.69) is 53.2 Å². The number of nitrogens with one attached hydrogen (secondary N) is 10. The number of amides is 10. The number of aliphatic hydroxyl groups excluding tert-OH is 1. The molecule has 486 valence electrons. The summed E-state index contributed by atoms with van der Waals surface area (Å²) in [6.45, 7) is 23.9. The van der Waals surface area contributed by atoms with Crippen LogP contribution < -0.4 is 53.2 Å². The minimum Gasteiger partial charge on any atom is -0.508 e. The molecule has 0 aromatic heterocycles. The highest BCUT2D eigenvalue weighted by Crippen LogP contribution is 2.29. The lowest BCUT2D eigenvalue weighted by molar-refractivity contribution is -0.133. The third-order valence-electron chi connectivity index (χ3n) is 11.9. The molecule has 1 aliphatic heterocycles. The third-order valence-corrected chi connectivity index (χ3v) is 11.9. The SMILES string of the molecule is CC(C)(C)OC(=O)NCCC[C@@H](CNC(=O)[C@H](CCCNC(=O)CNC(=O)[C@@H]1Cc2cccc(c2)-c2ccc(O)c(c2)C[C@H](NC(=O)OC(C)(C)C)C(=O)N[C@@H](C[C@@H](O)CNC(=O)OC(C)(C)C)C(=O)N1)NC(=O)OC(C)(C)C)NC(=O)OC(C)(C)C. The summed E-state index contributed by atoms with van der Waals surface area (Å²) >= 11 is 0. The van der Waals surface area contributed by atoms with Gasteiger partial charge in [0.2, 0.25) is 29.5 Å². The van der Waals surface area contributed by atoms with Gasteiger partial charge in [0, 0.05) is 51.5 Å². The molecule has 6 atom stereocenters. The van der Waals surface area contributed by atoms with Gasteiger partial charge in [-0.25, -0.2) is 24.0 Å². The van der Waals surface area contributed by atoms with E-state index < -0.39 is 144 Å². The molecule has 2 aromatic rings. The largest absolute Gasteiger partial charge is 0.508 e. The highest BCUT2D eigenvalue weighted by Gasteiger charge is 2.34. The van der Waals surface area contributed by atoms with Crippen LogP contribution in [-0.4, -0.2) is 167 Å². The lowest BCUT2D eigenvalue weighted by Gasteiger charge is -2.27. The monoisotopic (exact) mass is 1230 g/mol. The lowest BCUT2D eigenvalue weighted by Crippen LogP contribution is -2.59. The topological polar surface area (TPSA) is 378 Å². The molecule has 0 saturated heterocycles. The number of phenolic OH excluding ortho intramolecular Hbond substituents is 1. The van der Waals surface area contributed by atoms with E-state index in [0.717, 1.165) is 0 Å². The van der Waals surface area contributed by atoms with Crippen LogP contribution in [0.2, 0.25) is 0 Å². The van der Waals surface area contributed by atoms with Crippen LogP contribution in [0.3, 0.4) is 0 Å². The Hall–Kier alpha value is -8.10. The molecule has 0 fully saturated rings. The Morgan fingerprint density at radius 2 is 1.11 bits per heavy atom.